The Morgan fingerprint density at radius 1 is 1.04 bits per heavy atom. The van der Waals surface area contributed by atoms with Gasteiger partial charge in [0.15, 0.2) is 0 Å². The van der Waals surface area contributed by atoms with Crippen LogP contribution in [0.3, 0.4) is 0 Å². The summed E-state index contributed by atoms with van der Waals surface area (Å²) >= 11 is 0. The van der Waals surface area contributed by atoms with E-state index in [-0.39, 0.29) is 0 Å². The molecule has 0 bridgehead atoms. The highest BCUT2D eigenvalue weighted by atomic mass is 28.3. The van der Waals surface area contributed by atoms with E-state index in [1.54, 1.807) is 10.8 Å². The van der Waals surface area contributed by atoms with Crippen molar-refractivity contribution in [3.63, 3.8) is 0 Å². The second kappa shape index (κ2) is 6.60. The zero-order valence-corrected chi connectivity index (χ0v) is 16.0. The molecule has 0 amide bonds. The van der Waals surface area contributed by atoms with Crippen molar-refractivity contribution in [3.8, 4) is 11.3 Å². The van der Waals surface area contributed by atoms with Crippen LogP contribution in [-0.4, -0.2) is 13.1 Å². The van der Waals surface area contributed by atoms with Crippen LogP contribution in [0.4, 0.5) is 0 Å². The van der Waals surface area contributed by atoms with Gasteiger partial charge in [0, 0.05) is 11.8 Å². The van der Waals surface area contributed by atoms with Crippen LogP contribution in [0, 0.1) is 5.92 Å². The fraction of sp³-hybridized carbons (Fsp3) is 0.476. The fourth-order valence-corrected chi connectivity index (χ4v) is 5.57. The highest BCUT2D eigenvalue weighted by Crippen LogP contribution is 2.37. The van der Waals surface area contributed by atoms with E-state index in [9.17, 15) is 0 Å². The lowest BCUT2D eigenvalue weighted by Gasteiger charge is -2.28. The van der Waals surface area contributed by atoms with Crippen LogP contribution in [0.5, 0.6) is 0 Å². The molecule has 0 radical (unpaired) electrons. The van der Waals surface area contributed by atoms with Crippen molar-refractivity contribution >= 4 is 13.3 Å². The van der Waals surface area contributed by atoms with E-state index >= 15 is 0 Å². The van der Waals surface area contributed by atoms with E-state index in [1.165, 1.54) is 31.2 Å². The van der Waals surface area contributed by atoms with Crippen molar-refractivity contribution < 1.29 is 0 Å². The molecule has 1 aliphatic rings. The van der Waals surface area contributed by atoms with Crippen molar-refractivity contribution in [2.75, 3.05) is 0 Å². The standard InChI is InChI=1S/C21H29NSi/c1-16(17-10-8-9-11-17)19-14-20(18-12-6-5-7-13-18)22-15-21(19)23(2,3)4/h5-7,12-17H,8-11H2,1-4H3. The number of benzene rings is 1. The lowest BCUT2D eigenvalue weighted by Crippen LogP contribution is -2.41. The van der Waals surface area contributed by atoms with E-state index in [0.717, 1.165) is 11.6 Å². The van der Waals surface area contributed by atoms with Gasteiger partial charge in [-0.3, -0.25) is 4.98 Å². The van der Waals surface area contributed by atoms with Gasteiger partial charge in [0.2, 0.25) is 0 Å². The van der Waals surface area contributed by atoms with Crippen LogP contribution < -0.4 is 5.19 Å². The largest absolute Gasteiger partial charge is 0.256 e. The summed E-state index contributed by atoms with van der Waals surface area (Å²) in [6.45, 7) is 9.77. The van der Waals surface area contributed by atoms with E-state index < -0.39 is 8.07 Å². The van der Waals surface area contributed by atoms with Gasteiger partial charge in [-0.05, 0) is 41.5 Å². The van der Waals surface area contributed by atoms with Crippen LogP contribution in [-0.2, 0) is 0 Å². The first-order valence-corrected chi connectivity index (χ1v) is 12.5. The Hall–Kier alpha value is -1.41. The Bertz CT molecular complexity index is 651. The van der Waals surface area contributed by atoms with Crippen LogP contribution in [0.25, 0.3) is 11.3 Å². The van der Waals surface area contributed by atoms with Gasteiger partial charge in [0.25, 0.3) is 0 Å². The molecule has 1 atom stereocenters. The van der Waals surface area contributed by atoms with E-state index in [1.807, 2.05) is 0 Å². The summed E-state index contributed by atoms with van der Waals surface area (Å²) < 4.78 is 0. The predicted molar refractivity (Wildman–Crippen MR) is 103 cm³/mol. The number of hydrogen-bond donors (Lipinski definition) is 0. The van der Waals surface area contributed by atoms with Gasteiger partial charge in [-0.25, -0.2) is 0 Å². The van der Waals surface area contributed by atoms with Gasteiger partial charge >= 0.3 is 0 Å². The average molecular weight is 324 g/mol. The molecule has 1 aromatic heterocycles. The first kappa shape index (κ1) is 16.4. The Morgan fingerprint density at radius 2 is 1.70 bits per heavy atom. The Labute approximate surface area is 142 Å². The molecule has 1 nitrogen and oxygen atoms in total. The number of hydrogen-bond acceptors (Lipinski definition) is 1. The van der Waals surface area contributed by atoms with Crippen LogP contribution in [0.15, 0.2) is 42.6 Å². The molecule has 23 heavy (non-hydrogen) atoms. The molecule has 2 heteroatoms. The molecule has 2 aromatic rings. The fourth-order valence-electron chi connectivity index (χ4n) is 3.95. The summed E-state index contributed by atoms with van der Waals surface area (Å²) in [4.78, 5) is 4.82. The molecule has 1 unspecified atom stereocenters. The lowest BCUT2D eigenvalue weighted by atomic mass is 9.86. The molecule has 1 saturated carbocycles. The maximum Gasteiger partial charge on any atom is 0.0799 e. The first-order valence-electron chi connectivity index (χ1n) is 9.02. The quantitative estimate of drug-likeness (QED) is 0.669. The van der Waals surface area contributed by atoms with Crippen molar-refractivity contribution in [2.24, 2.45) is 5.92 Å². The minimum Gasteiger partial charge on any atom is -0.256 e. The Kier molecular flexibility index (Phi) is 4.72. The summed E-state index contributed by atoms with van der Waals surface area (Å²) in [7, 11) is -1.38. The smallest absolute Gasteiger partial charge is 0.0799 e. The topological polar surface area (TPSA) is 12.9 Å². The number of aromatic nitrogens is 1. The minimum absolute atomic E-state index is 0.657. The van der Waals surface area contributed by atoms with Crippen LogP contribution >= 0.6 is 0 Å². The normalized spacial score (nSPS) is 17.4. The molecule has 0 saturated heterocycles. The summed E-state index contributed by atoms with van der Waals surface area (Å²) in [6.07, 6.45) is 7.81. The number of rotatable bonds is 4. The van der Waals surface area contributed by atoms with Crippen LogP contribution in [0.2, 0.25) is 19.6 Å². The molecule has 3 rings (SSSR count). The number of nitrogens with zero attached hydrogens (tertiary/aromatic N) is 1. The summed E-state index contributed by atoms with van der Waals surface area (Å²) in [6, 6.07) is 13.0. The minimum atomic E-state index is -1.38. The van der Waals surface area contributed by atoms with Crippen molar-refractivity contribution in [2.45, 2.75) is 58.2 Å². The van der Waals surface area contributed by atoms with Gasteiger partial charge in [-0.1, -0.05) is 69.7 Å². The van der Waals surface area contributed by atoms with E-state index in [2.05, 4.69) is 69.2 Å². The molecular weight excluding hydrogens is 294 g/mol. The second-order valence-electron chi connectivity index (χ2n) is 8.11. The Balaban J connectivity index is 2.05. The second-order valence-corrected chi connectivity index (χ2v) is 13.1. The molecule has 0 aliphatic heterocycles. The third kappa shape index (κ3) is 3.58. The van der Waals surface area contributed by atoms with Gasteiger partial charge < -0.3 is 0 Å². The molecule has 1 heterocycles. The zero-order valence-electron chi connectivity index (χ0n) is 15.0. The highest BCUT2D eigenvalue weighted by Gasteiger charge is 2.29. The van der Waals surface area contributed by atoms with E-state index in [0.29, 0.717) is 5.92 Å². The van der Waals surface area contributed by atoms with Gasteiger partial charge in [0.05, 0.1) is 13.8 Å². The van der Waals surface area contributed by atoms with Crippen LogP contribution in [0.1, 0.15) is 44.1 Å². The first-order chi connectivity index (χ1) is 11.0. The summed E-state index contributed by atoms with van der Waals surface area (Å²) in [5, 5.41) is 1.55. The summed E-state index contributed by atoms with van der Waals surface area (Å²) in [5.74, 6) is 1.51. The SMILES string of the molecule is CC(c1cc(-c2ccccc2)ncc1[Si](C)(C)C)C1CCCC1. The van der Waals surface area contributed by atoms with Gasteiger partial charge in [-0.15, -0.1) is 0 Å². The zero-order chi connectivity index (χ0) is 16.4. The van der Waals surface area contributed by atoms with Gasteiger partial charge in [-0.2, -0.15) is 0 Å². The maximum atomic E-state index is 4.82. The Morgan fingerprint density at radius 3 is 2.30 bits per heavy atom. The third-order valence-corrected chi connectivity index (χ3v) is 7.44. The molecule has 1 aromatic carbocycles. The average Bonchev–Trinajstić information content (AvgIpc) is 3.08. The molecular formula is C21H29NSi. The van der Waals surface area contributed by atoms with Gasteiger partial charge in [0.1, 0.15) is 0 Å². The predicted octanol–water partition coefficient (Wildman–Crippen LogP) is 5.59. The van der Waals surface area contributed by atoms with Crippen molar-refractivity contribution in [1.29, 1.82) is 0 Å². The molecule has 0 N–H and O–H groups in total. The number of pyridine rings is 1. The monoisotopic (exact) mass is 323 g/mol. The molecule has 0 spiro atoms. The highest BCUT2D eigenvalue weighted by molar-refractivity contribution is 6.89. The van der Waals surface area contributed by atoms with Crippen molar-refractivity contribution in [1.82, 2.24) is 4.98 Å². The molecule has 1 fully saturated rings. The lowest BCUT2D eigenvalue weighted by molar-refractivity contribution is 0.462. The third-order valence-electron chi connectivity index (χ3n) is 5.41. The molecule has 1 aliphatic carbocycles. The van der Waals surface area contributed by atoms with Crippen molar-refractivity contribution in [3.05, 3.63) is 48.2 Å². The maximum absolute atomic E-state index is 4.82. The molecule has 122 valence electrons. The summed E-state index contributed by atoms with van der Waals surface area (Å²) in [5.41, 5.74) is 3.94. The van der Waals surface area contributed by atoms with E-state index in [4.69, 9.17) is 4.98 Å².